The number of rotatable bonds is 4. The molecule has 154 valence electrons. The lowest BCUT2D eigenvalue weighted by Gasteiger charge is -2.21. The highest BCUT2D eigenvalue weighted by Gasteiger charge is 2.44. The number of hydrogen-bond donors (Lipinski definition) is 0. The molecular weight excluding hydrogens is 412 g/mol. The maximum atomic E-state index is 13.7. The number of halogens is 1. The monoisotopic (exact) mass is 430 g/mol. The maximum Gasteiger partial charge on any atom is 0.282 e. The van der Waals surface area contributed by atoms with Crippen molar-refractivity contribution < 1.29 is 14.3 Å². The fraction of sp³-hybridized carbons (Fsp3) is 0.120. The molecule has 2 heterocycles. The van der Waals surface area contributed by atoms with E-state index in [0.717, 1.165) is 17.7 Å². The van der Waals surface area contributed by atoms with Gasteiger partial charge in [-0.05, 0) is 60.0 Å². The minimum atomic E-state index is -0.350. The second kappa shape index (κ2) is 7.60. The summed E-state index contributed by atoms with van der Waals surface area (Å²) in [4.78, 5) is 30.4. The molecule has 0 saturated carbocycles. The van der Waals surface area contributed by atoms with Crippen molar-refractivity contribution in [2.24, 2.45) is 0 Å². The SMILES string of the molecule is COc1ccc(C2=C(N3CCc4ccccc43)C(=O)N(c3ccc(Cl)cc3)C2=O)cc1. The third-order valence-corrected chi connectivity index (χ3v) is 5.93. The van der Waals surface area contributed by atoms with E-state index in [4.69, 9.17) is 16.3 Å². The van der Waals surface area contributed by atoms with E-state index in [1.807, 2.05) is 35.2 Å². The zero-order valence-corrected chi connectivity index (χ0v) is 17.6. The van der Waals surface area contributed by atoms with Crippen LogP contribution < -0.4 is 14.5 Å². The maximum absolute atomic E-state index is 13.7. The number of anilines is 2. The minimum Gasteiger partial charge on any atom is -0.497 e. The summed E-state index contributed by atoms with van der Waals surface area (Å²) in [6, 6.07) is 21.9. The average Bonchev–Trinajstić information content (AvgIpc) is 3.32. The molecular formula is C25H19ClN2O3. The number of carbonyl (C=O) groups is 2. The molecule has 3 aromatic rings. The van der Waals surface area contributed by atoms with Crippen LogP contribution in [-0.2, 0) is 16.0 Å². The Hall–Kier alpha value is -3.57. The molecule has 0 bridgehead atoms. The van der Waals surface area contributed by atoms with Gasteiger partial charge in [0, 0.05) is 17.3 Å². The Balaban J connectivity index is 1.67. The largest absolute Gasteiger partial charge is 0.497 e. The van der Waals surface area contributed by atoms with Gasteiger partial charge in [0.15, 0.2) is 0 Å². The highest BCUT2D eigenvalue weighted by Crippen LogP contribution is 2.40. The van der Waals surface area contributed by atoms with Crippen LogP contribution in [0, 0.1) is 0 Å². The number of amides is 2. The minimum absolute atomic E-state index is 0.338. The molecule has 0 aliphatic carbocycles. The zero-order chi connectivity index (χ0) is 21.5. The molecule has 6 heteroatoms. The van der Waals surface area contributed by atoms with Gasteiger partial charge in [0.2, 0.25) is 0 Å². The van der Waals surface area contributed by atoms with Gasteiger partial charge in [0.05, 0.1) is 18.4 Å². The number of carbonyl (C=O) groups excluding carboxylic acids is 2. The van der Waals surface area contributed by atoms with Crippen LogP contribution in [0.1, 0.15) is 11.1 Å². The van der Waals surface area contributed by atoms with Crippen molar-refractivity contribution in [3.05, 3.63) is 94.6 Å². The lowest BCUT2D eigenvalue weighted by atomic mass is 10.0. The van der Waals surface area contributed by atoms with Crippen LogP contribution in [0.5, 0.6) is 5.75 Å². The van der Waals surface area contributed by atoms with Crippen molar-refractivity contribution in [1.29, 1.82) is 0 Å². The number of hydrogen-bond acceptors (Lipinski definition) is 4. The topological polar surface area (TPSA) is 49.9 Å². The Labute approximate surface area is 185 Å². The molecule has 0 aromatic heterocycles. The van der Waals surface area contributed by atoms with Gasteiger partial charge >= 0.3 is 0 Å². The fourth-order valence-electron chi connectivity index (χ4n) is 4.18. The van der Waals surface area contributed by atoms with Crippen molar-refractivity contribution in [2.75, 3.05) is 23.5 Å². The second-order valence-electron chi connectivity index (χ2n) is 7.40. The first kappa shape index (κ1) is 19.4. The number of para-hydroxylation sites is 1. The first-order valence-corrected chi connectivity index (χ1v) is 10.3. The average molecular weight is 431 g/mol. The molecule has 5 rings (SSSR count). The predicted molar refractivity (Wildman–Crippen MR) is 121 cm³/mol. The Morgan fingerprint density at radius 2 is 1.58 bits per heavy atom. The quantitative estimate of drug-likeness (QED) is 0.563. The van der Waals surface area contributed by atoms with E-state index in [9.17, 15) is 9.59 Å². The van der Waals surface area contributed by atoms with E-state index in [1.54, 1.807) is 43.5 Å². The molecule has 0 saturated heterocycles. The standard InChI is InChI=1S/C25H19ClN2O3/c1-31-20-12-6-17(7-13-20)22-23(27-15-14-16-4-2-3-5-21(16)27)25(30)28(24(22)29)19-10-8-18(26)9-11-19/h2-13H,14-15H2,1H3. The number of methoxy groups -OCH3 is 1. The third-order valence-electron chi connectivity index (χ3n) is 5.68. The van der Waals surface area contributed by atoms with Gasteiger partial charge in [0.25, 0.3) is 11.8 Å². The van der Waals surface area contributed by atoms with Crippen LogP contribution in [0.3, 0.4) is 0 Å². The molecule has 3 aromatic carbocycles. The zero-order valence-electron chi connectivity index (χ0n) is 16.8. The van der Waals surface area contributed by atoms with Crippen molar-refractivity contribution >= 4 is 40.4 Å². The summed E-state index contributed by atoms with van der Waals surface area (Å²) in [5.74, 6) is -0.00420. The molecule has 0 atom stereocenters. The van der Waals surface area contributed by atoms with Gasteiger partial charge in [-0.1, -0.05) is 41.9 Å². The van der Waals surface area contributed by atoms with Crippen molar-refractivity contribution in [1.82, 2.24) is 0 Å². The molecule has 2 aliphatic rings. The van der Waals surface area contributed by atoms with E-state index in [1.165, 1.54) is 4.90 Å². The molecule has 0 N–H and O–H groups in total. The fourth-order valence-corrected chi connectivity index (χ4v) is 4.31. The van der Waals surface area contributed by atoms with Crippen LogP contribution >= 0.6 is 11.6 Å². The van der Waals surface area contributed by atoms with Crippen molar-refractivity contribution in [2.45, 2.75) is 6.42 Å². The molecule has 2 amide bonds. The van der Waals surface area contributed by atoms with E-state index in [2.05, 4.69) is 6.07 Å². The Bertz CT molecular complexity index is 1220. The number of fused-ring (bicyclic) bond motifs is 1. The second-order valence-corrected chi connectivity index (χ2v) is 7.84. The first-order chi connectivity index (χ1) is 15.1. The third kappa shape index (κ3) is 3.18. The van der Waals surface area contributed by atoms with Gasteiger partial charge in [-0.3, -0.25) is 9.59 Å². The first-order valence-electron chi connectivity index (χ1n) is 9.97. The molecule has 0 unspecified atom stereocenters. The molecule has 5 nitrogen and oxygen atoms in total. The van der Waals surface area contributed by atoms with Gasteiger partial charge in [0.1, 0.15) is 11.4 Å². The Morgan fingerprint density at radius 3 is 2.29 bits per heavy atom. The van der Waals surface area contributed by atoms with E-state index < -0.39 is 0 Å². The summed E-state index contributed by atoms with van der Waals surface area (Å²) >= 11 is 6.01. The normalized spacial score (nSPS) is 15.7. The number of benzene rings is 3. The van der Waals surface area contributed by atoms with Crippen LogP contribution in [0.2, 0.25) is 5.02 Å². The van der Waals surface area contributed by atoms with Gasteiger partial charge in [-0.15, -0.1) is 0 Å². The van der Waals surface area contributed by atoms with Crippen LogP contribution in [-0.4, -0.2) is 25.5 Å². The number of nitrogens with zero attached hydrogens (tertiary/aromatic N) is 2. The van der Waals surface area contributed by atoms with Gasteiger partial charge < -0.3 is 9.64 Å². The predicted octanol–water partition coefficient (Wildman–Crippen LogP) is 4.70. The summed E-state index contributed by atoms with van der Waals surface area (Å²) in [6.45, 7) is 0.641. The Morgan fingerprint density at radius 1 is 0.871 bits per heavy atom. The summed E-state index contributed by atoms with van der Waals surface area (Å²) in [5.41, 5.74) is 4.08. The number of ether oxygens (including phenoxy) is 1. The van der Waals surface area contributed by atoms with E-state index in [-0.39, 0.29) is 11.8 Å². The lowest BCUT2D eigenvalue weighted by Crippen LogP contribution is -2.34. The molecule has 2 aliphatic heterocycles. The summed E-state index contributed by atoms with van der Waals surface area (Å²) in [7, 11) is 1.59. The number of imide groups is 1. The smallest absolute Gasteiger partial charge is 0.282 e. The molecule has 0 radical (unpaired) electrons. The van der Waals surface area contributed by atoms with Crippen molar-refractivity contribution in [3.8, 4) is 5.75 Å². The Kier molecular flexibility index (Phi) is 4.75. The van der Waals surface area contributed by atoms with E-state index >= 15 is 0 Å². The van der Waals surface area contributed by atoms with Crippen LogP contribution in [0.15, 0.2) is 78.5 Å². The molecule has 0 spiro atoms. The van der Waals surface area contributed by atoms with Crippen LogP contribution in [0.4, 0.5) is 11.4 Å². The van der Waals surface area contributed by atoms with E-state index in [0.29, 0.717) is 39.8 Å². The molecule has 0 fully saturated rings. The highest BCUT2D eigenvalue weighted by atomic mass is 35.5. The summed E-state index contributed by atoms with van der Waals surface area (Å²) in [6.07, 6.45) is 0.817. The van der Waals surface area contributed by atoms with Crippen molar-refractivity contribution in [3.63, 3.8) is 0 Å². The van der Waals surface area contributed by atoms with Crippen LogP contribution in [0.25, 0.3) is 5.57 Å². The highest BCUT2D eigenvalue weighted by molar-refractivity contribution is 6.46. The molecule has 31 heavy (non-hydrogen) atoms. The summed E-state index contributed by atoms with van der Waals surface area (Å²) < 4.78 is 5.25. The van der Waals surface area contributed by atoms with Gasteiger partial charge in [-0.2, -0.15) is 0 Å². The summed E-state index contributed by atoms with van der Waals surface area (Å²) in [5, 5.41) is 0.542. The van der Waals surface area contributed by atoms with Gasteiger partial charge in [-0.25, -0.2) is 4.90 Å². The lowest BCUT2D eigenvalue weighted by molar-refractivity contribution is -0.120.